The van der Waals surface area contributed by atoms with E-state index in [1.54, 1.807) is 12.1 Å². The Hall–Kier alpha value is -1.39. The molecule has 2 nitrogen and oxygen atoms in total. The van der Waals surface area contributed by atoms with Gasteiger partial charge in [0.25, 0.3) is 0 Å². The van der Waals surface area contributed by atoms with Crippen molar-refractivity contribution in [2.45, 2.75) is 16.0 Å². The SMILES string of the molecule is O=C(O)c1cc(Sc2ccccc2C(F)(F)F)ccc1[As]. The number of benzene rings is 2. The Morgan fingerprint density at radius 3 is 2.43 bits per heavy atom. The molecular formula is C14H8AsF3O2S. The summed E-state index contributed by atoms with van der Waals surface area (Å²) in [5.74, 6) is -1.11. The molecule has 0 aromatic heterocycles. The number of carboxylic acids is 1. The zero-order valence-electron chi connectivity index (χ0n) is 10.4. The van der Waals surface area contributed by atoms with Gasteiger partial charge in [0.1, 0.15) is 0 Å². The molecule has 0 amide bonds. The minimum atomic E-state index is -4.44. The normalized spacial score (nSPS) is 11.4. The molecule has 2 radical (unpaired) electrons. The van der Waals surface area contributed by atoms with Crippen LogP contribution in [-0.2, 0) is 6.18 Å². The Bertz CT molecular complexity index is 686. The van der Waals surface area contributed by atoms with Crippen molar-refractivity contribution in [2.75, 3.05) is 0 Å². The summed E-state index contributed by atoms with van der Waals surface area (Å²) in [5, 5.41) is 9.04. The zero-order chi connectivity index (χ0) is 15.6. The van der Waals surface area contributed by atoms with Gasteiger partial charge in [-0.25, -0.2) is 0 Å². The quantitative estimate of drug-likeness (QED) is 0.840. The first kappa shape index (κ1) is 16.0. The van der Waals surface area contributed by atoms with Gasteiger partial charge in [-0.15, -0.1) is 0 Å². The maximum absolute atomic E-state index is 12.9. The Kier molecular flexibility index (Phi) is 4.69. The number of aromatic carboxylic acids is 1. The van der Waals surface area contributed by atoms with E-state index >= 15 is 0 Å². The molecule has 0 aliphatic heterocycles. The fourth-order valence-corrected chi connectivity index (χ4v) is 3.17. The van der Waals surface area contributed by atoms with E-state index in [9.17, 15) is 18.0 Å². The molecule has 0 saturated carbocycles. The third-order valence-electron chi connectivity index (χ3n) is 2.62. The van der Waals surface area contributed by atoms with Gasteiger partial charge in [0, 0.05) is 0 Å². The zero-order valence-corrected chi connectivity index (χ0v) is 13.1. The van der Waals surface area contributed by atoms with Gasteiger partial charge in [-0.2, -0.15) is 0 Å². The topological polar surface area (TPSA) is 37.3 Å². The van der Waals surface area contributed by atoms with Crippen molar-refractivity contribution in [1.82, 2.24) is 0 Å². The average Bonchev–Trinajstić information content (AvgIpc) is 2.40. The van der Waals surface area contributed by atoms with Crippen LogP contribution in [0.2, 0.25) is 0 Å². The number of carboxylic acid groups (broad SMARTS) is 1. The van der Waals surface area contributed by atoms with E-state index in [-0.39, 0.29) is 10.5 Å². The number of alkyl halides is 3. The Labute approximate surface area is 131 Å². The molecule has 0 aliphatic rings. The van der Waals surface area contributed by atoms with Crippen LogP contribution >= 0.6 is 11.8 Å². The number of carbonyl (C=O) groups is 1. The Morgan fingerprint density at radius 2 is 1.81 bits per heavy atom. The van der Waals surface area contributed by atoms with E-state index < -0.39 is 17.7 Å². The van der Waals surface area contributed by atoms with Gasteiger partial charge in [0.2, 0.25) is 0 Å². The molecule has 0 bridgehead atoms. The van der Waals surface area contributed by atoms with Crippen molar-refractivity contribution in [1.29, 1.82) is 0 Å². The van der Waals surface area contributed by atoms with Crippen molar-refractivity contribution < 1.29 is 23.1 Å². The van der Waals surface area contributed by atoms with E-state index in [0.29, 0.717) is 9.25 Å². The molecule has 2 rings (SSSR count). The summed E-state index contributed by atoms with van der Waals surface area (Å²) in [4.78, 5) is 11.5. The van der Waals surface area contributed by atoms with Gasteiger partial charge in [-0.05, 0) is 0 Å². The summed E-state index contributed by atoms with van der Waals surface area (Å²) in [6.07, 6.45) is -4.44. The van der Waals surface area contributed by atoms with Crippen LogP contribution in [0.15, 0.2) is 52.3 Å². The van der Waals surface area contributed by atoms with E-state index in [2.05, 4.69) is 16.9 Å². The number of hydrogen-bond donors (Lipinski definition) is 1. The molecule has 0 spiro atoms. The van der Waals surface area contributed by atoms with Crippen LogP contribution in [-0.4, -0.2) is 27.9 Å². The van der Waals surface area contributed by atoms with Crippen molar-refractivity contribution in [3.63, 3.8) is 0 Å². The predicted molar refractivity (Wildman–Crippen MR) is 74.4 cm³/mol. The van der Waals surface area contributed by atoms with Crippen molar-refractivity contribution in [3.05, 3.63) is 53.6 Å². The molecule has 0 saturated heterocycles. The summed E-state index contributed by atoms with van der Waals surface area (Å²) in [6.45, 7) is 0. The summed E-state index contributed by atoms with van der Waals surface area (Å²) in [6, 6.07) is 9.73. The molecule has 0 fully saturated rings. The molecule has 7 heteroatoms. The predicted octanol–water partition coefficient (Wildman–Crippen LogP) is 3.35. The number of halogens is 3. The summed E-state index contributed by atoms with van der Waals surface area (Å²) in [7, 11) is 0. The number of rotatable bonds is 3. The third kappa shape index (κ3) is 3.83. The minimum absolute atomic E-state index is 0.0414. The molecule has 1 N–H and O–H groups in total. The molecule has 2 aromatic carbocycles. The molecule has 21 heavy (non-hydrogen) atoms. The first-order valence-corrected chi connectivity index (χ1v) is 7.45. The van der Waals surface area contributed by atoms with E-state index in [0.717, 1.165) is 17.8 Å². The fourth-order valence-electron chi connectivity index (χ4n) is 1.67. The molecule has 0 atom stereocenters. The van der Waals surface area contributed by atoms with Crippen LogP contribution in [0.5, 0.6) is 0 Å². The van der Waals surface area contributed by atoms with Crippen LogP contribution < -0.4 is 4.35 Å². The van der Waals surface area contributed by atoms with Crippen LogP contribution in [0.25, 0.3) is 0 Å². The van der Waals surface area contributed by atoms with Crippen molar-refractivity contribution in [3.8, 4) is 0 Å². The van der Waals surface area contributed by atoms with Gasteiger partial charge in [-0.1, -0.05) is 0 Å². The molecule has 108 valence electrons. The van der Waals surface area contributed by atoms with Crippen LogP contribution in [0, 0.1) is 0 Å². The molecule has 2 aromatic rings. The molecular weight excluding hydrogens is 364 g/mol. The van der Waals surface area contributed by atoms with Gasteiger partial charge >= 0.3 is 132 Å². The van der Waals surface area contributed by atoms with Crippen molar-refractivity contribution in [2.24, 2.45) is 0 Å². The van der Waals surface area contributed by atoms with Gasteiger partial charge in [0.05, 0.1) is 0 Å². The molecule has 0 aliphatic carbocycles. The van der Waals surface area contributed by atoms with E-state index in [4.69, 9.17) is 5.11 Å². The van der Waals surface area contributed by atoms with Crippen molar-refractivity contribution >= 4 is 38.9 Å². The first-order chi connectivity index (χ1) is 9.79. The van der Waals surface area contributed by atoms with E-state index in [1.807, 2.05) is 0 Å². The van der Waals surface area contributed by atoms with E-state index in [1.165, 1.54) is 24.3 Å². The van der Waals surface area contributed by atoms with Crippen LogP contribution in [0.4, 0.5) is 13.2 Å². The standard InChI is InChI=1S/C14H8AsF3O2S/c15-11-6-5-8(7-9(11)13(19)20)21-12-4-2-1-3-10(12)14(16,17)18/h1-7H,(H,19,20). The molecule has 0 heterocycles. The summed E-state index contributed by atoms with van der Waals surface area (Å²) >= 11 is 3.02. The summed E-state index contributed by atoms with van der Waals surface area (Å²) in [5.41, 5.74) is -0.673. The summed E-state index contributed by atoms with van der Waals surface area (Å²) < 4.78 is 39.2. The fraction of sp³-hybridized carbons (Fsp3) is 0.0714. The maximum atomic E-state index is 12.9. The van der Waals surface area contributed by atoms with Gasteiger partial charge in [-0.3, -0.25) is 0 Å². The first-order valence-electron chi connectivity index (χ1n) is 5.69. The second kappa shape index (κ2) is 6.16. The monoisotopic (exact) mass is 372 g/mol. The Morgan fingerprint density at radius 1 is 1.14 bits per heavy atom. The third-order valence-corrected chi connectivity index (χ3v) is 4.50. The van der Waals surface area contributed by atoms with Crippen LogP contribution in [0.1, 0.15) is 15.9 Å². The average molecular weight is 372 g/mol. The second-order valence-electron chi connectivity index (χ2n) is 4.08. The number of hydrogen-bond acceptors (Lipinski definition) is 2. The van der Waals surface area contributed by atoms with Gasteiger partial charge < -0.3 is 0 Å². The van der Waals surface area contributed by atoms with Crippen LogP contribution in [0.3, 0.4) is 0 Å². The Balaban J connectivity index is 2.40. The molecule has 0 unspecified atom stereocenters. The second-order valence-corrected chi connectivity index (χ2v) is 6.21. The van der Waals surface area contributed by atoms with Gasteiger partial charge in [0.15, 0.2) is 0 Å².